The van der Waals surface area contributed by atoms with Crippen LogP contribution in [-0.4, -0.2) is 15.6 Å². The molecule has 0 aliphatic rings. The van der Waals surface area contributed by atoms with Gasteiger partial charge in [0, 0.05) is 27.9 Å². The highest BCUT2D eigenvalue weighted by Crippen LogP contribution is 2.32. The molecule has 0 aliphatic carbocycles. The highest BCUT2D eigenvalue weighted by Gasteiger charge is 2.14. The molecule has 2 aromatic heterocycles. The Balaban J connectivity index is 1.45. The molecule has 4 nitrogen and oxygen atoms in total. The van der Waals surface area contributed by atoms with Crippen molar-refractivity contribution in [3.8, 4) is 28.3 Å². The number of carbonyl (C=O) groups excluding carboxylic acids is 1. The first kappa shape index (κ1) is 22.0. The normalized spacial score (nSPS) is 11.2. The molecule has 0 bridgehead atoms. The molecule has 0 unspecified atom stereocenters. The minimum Gasteiger partial charge on any atom is -0.453 e. The predicted molar refractivity (Wildman–Crippen MR) is 137 cm³/mol. The van der Waals surface area contributed by atoms with Gasteiger partial charge in [0.15, 0.2) is 5.76 Å². The van der Waals surface area contributed by atoms with E-state index in [9.17, 15) is 4.79 Å². The van der Waals surface area contributed by atoms with Gasteiger partial charge in [-0.05, 0) is 54.6 Å². The summed E-state index contributed by atoms with van der Waals surface area (Å²) in [6.45, 7) is 0. The monoisotopic (exact) mass is 484 g/mol. The Morgan fingerprint density at radius 1 is 0.882 bits per heavy atom. The van der Waals surface area contributed by atoms with Gasteiger partial charge in [-0.1, -0.05) is 71.7 Å². The van der Waals surface area contributed by atoms with Gasteiger partial charge in [-0.2, -0.15) is 5.10 Å². The van der Waals surface area contributed by atoms with E-state index >= 15 is 0 Å². The third-order valence-electron chi connectivity index (χ3n) is 5.27. The number of para-hydroxylation sites is 1. The Morgan fingerprint density at radius 2 is 1.62 bits per heavy atom. The SMILES string of the molecule is O=C(/C=C/c1cn(-c2ccccc2)nc1-c1ccccc1)c1ccc(-c2ccc(Cl)cc2Cl)o1. The van der Waals surface area contributed by atoms with E-state index in [4.69, 9.17) is 32.7 Å². The topological polar surface area (TPSA) is 48.0 Å². The van der Waals surface area contributed by atoms with Crippen LogP contribution in [0.15, 0.2) is 108 Å². The third-order valence-corrected chi connectivity index (χ3v) is 5.82. The summed E-state index contributed by atoms with van der Waals surface area (Å²) in [6, 6.07) is 28.2. The van der Waals surface area contributed by atoms with E-state index in [-0.39, 0.29) is 11.5 Å². The second kappa shape index (κ2) is 9.56. The molecule has 0 saturated heterocycles. The van der Waals surface area contributed by atoms with Gasteiger partial charge in [0.2, 0.25) is 5.78 Å². The van der Waals surface area contributed by atoms with Crippen molar-refractivity contribution in [3.05, 3.63) is 125 Å². The molecule has 0 radical (unpaired) electrons. The number of carbonyl (C=O) groups is 1. The number of hydrogen-bond acceptors (Lipinski definition) is 3. The lowest BCUT2D eigenvalue weighted by Gasteiger charge is -2.01. The lowest BCUT2D eigenvalue weighted by atomic mass is 10.1. The summed E-state index contributed by atoms with van der Waals surface area (Å²) in [5.74, 6) is 0.456. The molecule has 3 aromatic carbocycles. The standard InChI is InChI=1S/C28H18Cl2N2O2/c29-21-12-13-23(24(30)17-21)26-15-16-27(34-26)25(33)14-11-20-18-32(22-9-5-2-6-10-22)31-28(20)19-7-3-1-4-8-19/h1-18H/b14-11+. The summed E-state index contributed by atoms with van der Waals surface area (Å²) in [5, 5.41) is 5.76. The van der Waals surface area contributed by atoms with Crippen LogP contribution in [0.2, 0.25) is 10.0 Å². The van der Waals surface area contributed by atoms with E-state index in [1.165, 1.54) is 6.08 Å². The Labute approximate surface area is 206 Å². The van der Waals surface area contributed by atoms with Crippen molar-refractivity contribution in [2.24, 2.45) is 0 Å². The van der Waals surface area contributed by atoms with E-state index < -0.39 is 0 Å². The first-order valence-electron chi connectivity index (χ1n) is 10.6. The number of aromatic nitrogens is 2. The molecule has 5 rings (SSSR count). The Morgan fingerprint density at radius 3 is 2.35 bits per heavy atom. The van der Waals surface area contributed by atoms with Gasteiger partial charge in [0.25, 0.3) is 0 Å². The smallest absolute Gasteiger partial charge is 0.221 e. The lowest BCUT2D eigenvalue weighted by molar-refractivity contribution is 0.102. The lowest BCUT2D eigenvalue weighted by Crippen LogP contribution is -1.93. The third kappa shape index (κ3) is 4.60. The van der Waals surface area contributed by atoms with Crippen LogP contribution in [0.1, 0.15) is 16.1 Å². The van der Waals surface area contributed by atoms with Crippen LogP contribution in [0.4, 0.5) is 0 Å². The number of rotatable bonds is 6. The van der Waals surface area contributed by atoms with Crippen LogP contribution < -0.4 is 0 Å². The van der Waals surface area contributed by atoms with Crippen molar-refractivity contribution in [1.82, 2.24) is 9.78 Å². The molecule has 166 valence electrons. The minimum atomic E-state index is -0.261. The number of furan rings is 1. The Hall–Kier alpha value is -3.86. The van der Waals surface area contributed by atoms with E-state index in [2.05, 4.69) is 0 Å². The first-order valence-corrected chi connectivity index (χ1v) is 11.3. The zero-order valence-corrected chi connectivity index (χ0v) is 19.4. The summed E-state index contributed by atoms with van der Waals surface area (Å²) in [5.41, 5.74) is 4.16. The van der Waals surface area contributed by atoms with Crippen LogP contribution >= 0.6 is 23.2 Å². The fraction of sp³-hybridized carbons (Fsp3) is 0. The predicted octanol–water partition coefficient (Wildman–Crippen LogP) is 8.00. The number of benzene rings is 3. The summed E-state index contributed by atoms with van der Waals surface area (Å²) in [7, 11) is 0. The summed E-state index contributed by atoms with van der Waals surface area (Å²) < 4.78 is 7.59. The van der Waals surface area contributed by atoms with Gasteiger partial charge >= 0.3 is 0 Å². The average Bonchev–Trinajstić information content (AvgIpc) is 3.52. The fourth-order valence-electron chi connectivity index (χ4n) is 3.59. The maximum Gasteiger partial charge on any atom is 0.221 e. The van der Waals surface area contributed by atoms with Crippen molar-refractivity contribution < 1.29 is 9.21 Å². The fourth-order valence-corrected chi connectivity index (χ4v) is 4.10. The molecule has 34 heavy (non-hydrogen) atoms. The number of ketones is 1. The maximum atomic E-state index is 12.9. The van der Waals surface area contributed by atoms with Gasteiger partial charge in [0.1, 0.15) is 5.76 Å². The molecule has 0 spiro atoms. The molecule has 2 heterocycles. The second-order valence-corrected chi connectivity index (χ2v) is 8.41. The molecule has 5 aromatic rings. The number of allylic oxidation sites excluding steroid dienone is 1. The molecule has 0 saturated carbocycles. The van der Waals surface area contributed by atoms with Crippen LogP contribution in [0.5, 0.6) is 0 Å². The van der Waals surface area contributed by atoms with Gasteiger partial charge in [0.05, 0.1) is 16.4 Å². The minimum absolute atomic E-state index is 0.217. The zero-order valence-electron chi connectivity index (χ0n) is 17.9. The van der Waals surface area contributed by atoms with Crippen molar-refractivity contribution in [3.63, 3.8) is 0 Å². The zero-order chi connectivity index (χ0) is 23.5. The quantitative estimate of drug-likeness (QED) is 0.181. The number of nitrogens with zero attached hydrogens (tertiary/aromatic N) is 2. The van der Waals surface area contributed by atoms with Crippen molar-refractivity contribution in [1.29, 1.82) is 0 Å². The van der Waals surface area contributed by atoms with Crippen LogP contribution in [0, 0.1) is 0 Å². The molecule has 0 amide bonds. The maximum absolute atomic E-state index is 12.9. The van der Waals surface area contributed by atoms with Crippen LogP contribution in [-0.2, 0) is 0 Å². The highest BCUT2D eigenvalue weighted by molar-refractivity contribution is 6.36. The van der Waals surface area contributed by atoms with Crippen LogP contribution in [0.25, 0.3) is 34.3 Å². The summed E-state index contributed by atoms with van der Waals surface area (Å²) in [6.07, 6.45) is 5.15. The summed E-state index contributed by atoms with van der Waals surface area (Å²) >= 11 is 12.2. The molecule has 6 heteroatoms. The van der Waals surface area contributed by atoms with Crippen LogP contribution in [0.3, 0.4) is 0 Å². The van der Waals surface area contributed by atoms with E-state index in [0.29, 0.717) is 21.4 Å². The number of hydrogen-bond donors (Lipinski definition) is 0. The van der Waals surface area contributed by atoms with Crippen molar-refractivity contribution in [2.75, 3.05) is 0 Å². The molecular formula is C28H18Cl2N2O2. The van der Waals surface area contributed by atoms with Gasteiger partial charge < -0.3 is 4.42 Å². The van der Waals surface area contributed by atoms with Gasteiger partial charge in [-0.15, -0.1) is 0 Å². The van der Waals surface area contributed by atoms with Gasteiger partial charge in [-0.25, -0.2) is 4.68 Å². The summed E-state index contributed by atoms with van der Waals surface area (Å²) in [4.78, 5) is 12.9. The van der Waals surface area contributed by atoms with Crippen molar-refractivity contribution >= 4 is 35.1 Å². The number of halogens is 2. The molecular weight excluding hydrogens is 467 g/mol. The molecule has 0 aliphatic heterocycles. The average molecular weight is 485 g/mol. The largest absolute Gasteiger partial charge is 0.453 e. The Kier molecular flexibility index (Phi) is 6.17. The van der Waals surface area contributed by atoms with E-state index in [1.807, 2.05) is 66.9 Å². The molecule has 0 atom stereocenters. The highest BCUT2D eigenvalue weighted by atomic mass is 35.5. The second-order valence-electron chi connectivity index (χ2n) is 7.56. The van der Waals surface area contributed by atoms with Gasteiger partial charge in [-0.3, -0.25) is 4.79 Å². The Bertz CT molecular complexity index is 1490. The van der Waals surface area contributed by atoms with E-state index in [1.54, 1.807) is 41.1 Å². The molecule has 0 N–H and O–H groups in total. The first-order chi connectivity index (χ1) is 16.6. The van der Waals surface area contributed by atoms with E-state index in [0.717, 1.165) is 22.5 Å². The molecule has 0 fully saturated rings. The van der Waals surface area contributed by atoms with Crippen molar-refractivity contribution in [2.45, 2.75) is 0 Å².